The minimum Gasteiger partial charge on any atom is -0.494 e. The van der Waals surface area contributed by atoms with E-state index in [1.165, 1.54) is 0 Å². The lowest BCUT2D eigenvalue weighted by atomic mass is 10.1. The van der Waals surface area contributed by atoms with E-state index in [0.717, 1.165) is 22.6 Å². The first kappa shape index (κ1) is 17.0. The maximum Gasteiger partial charge on any atom is 0.224 e. The number of aliphatic hydroxyl groups excluding tert-OH is 1. The van der Waals surface area contributed by atoms with Gasteiger partial charge in [0.1, 0.15) is 5.75 Å². The Morgan fingerprint density at radius 1 is 1.00 bits per heavy atom. The molecule has 122 valence electrons. The number of aliphatic hydroxyl groups is 1. The number of hydrogen-bond acceptors (Lipinski definition) is 3. The summed E-state index contributed by atoms with van der Waals surface area (Å²) in [6.45, 7) is 2.74. The molecular formula is C19H23NO3. The molecule has 0 aliphatic carbocycles. The second-order valence-electron chi connectivity index (χ2n) is 5.30. The average molecular weight is 313 g/mol. The number of aryl methyl sites for hydroxylation is 1. The van der Waals surface area contributed by atoms with Crippen LogP contribution in [0.15, 0.2) is 48.5 Å². The van der Waals surface area contributed by atoms with Crippen LogP contribution in [0.4, 0.5) is 5.69 Å². The minimum absolute atomic E-state index is 0.00575. The van der Waals surface area contributed by atoms with Crippen LogP contribution in [-0.4, -0.2) is 24.2 Å². The van der Waals surface area contributed by atoms with E-state index in [1.807, 2.05) is 55.5 Å². The Hall–Kier alpha value is -2.33. The summed E-state index contributed by atoms with van der Waals surface area (Å²) in [5.41, 5.74) is 2.95. The maximum atomic E-state index is 12.0. The van der Waals surface area contributed by atoms with Crippen molar-refractivity contribution in [3.63, 3.8) is 0 Å². The number of hydrogen-bond donors (Lipinski definition) is 2. The lowest BCUT2D eigenvalue weighted by Gasteiger charge is -2.07. The van der Waals surface area contributed by atoms with Crippen LogP contribution in [0.1, 0.15) is 24.5 Å². The molecule has 4 nitrogen and oxygen atoms in total. The van der Waals surface area contributed by atoms with E-state index < -0.39 is 0 Å². The van der Waals surface area contributed by atoms with Gasteiger partial charge in [-0.25, -0.2) is 0 Å². The molecule has 0 spiro atoms. The summed E-state index contributed by atoms with van der Waals surface area (Å²) in [7, 11) is 0. The fourth-order valence-electron chi connectivity index (χ4n) is 2.28. The van der Waals surface area contributed by atoms with Crippen LogP contribution in [0.25, 0.3) is 0 Å². The van der Waals surface area contributed by atoms with Gasteiger partial charge in [0, 0.05) is 18.7 Å². The number of carbonyl (C=O) groups is 1. The Labute approximate surface area is 137 Å². The number of anilines is 1. The molecule has 0 heterocycles. The number of carbonyl (C=O) groups excluding carboxylic acids is 1. The van der Waals surface area contributed by atoms with Crippen LogP contribution < -0.4 is 10.1 Å². The molecule has 0 bridgehead atoms. The van der Waals surface area contributed by atoms with Gasteiger partial charge in [-0.15, -0.1) is 0 Å². The van der Waals surface area contributed by atoms with Crippen LogP contribution in [0.5, 0.6) is 5.75 Å². The first-order valence-electron chi connectivity index (χ1n) is 7.92. The van der Waals surface area contributed by atoms with Gasteiger partial charge in [0.25, 0.3) is 0 Å². The Kier molecular flexibility index (Phi) is 6.63. The summed E-state index contributed by atoms with van der Waals surface area (Å²) in [6, 6.07) is 15.4. The zero-order chi connectivity index (χ0) is 16.5. The molecule has 1 amide bonds. The van der Waals surface area contributed by atoms with Gasteiger partial charge in [-0.05, 0) is 55.2 Å². The van der Waals surface area contributed by atoms with Gasteiger partial charge in [-0.2, -0.15) is 0 Å². The van der Waals surface area contributed by atoms with Gasteiger partial charge in [0.2, 0.25) is 5.91 Å². The average Bonchev–Trinajstić information content (AvgIpc) is 2.57. The van der Waals surface area contributed by atoms with Crippen LogP contribution >= 0.6 is 0 Å². The molecule has 0 unspecified atom stereocenters. The fourth-order valence-corrected chi connectivity index (χ4v) is 2.28. The van der Waals surface area contributed by atoms with Crippen molar-refractivity contribution in [3.8, 4) is 5.75 Å². The van der Waals surface area contributed by atoms with Crippen molar-refractivity contribution in [2.75, 3.05) is 18.5 Å². The predicted molar refractivity (Wildman–Crippen MR) is 91.8 cm³/mol. The summed E-state index contributed by atoms with van der Waals surface area (Å²) >= 11 is 0. The van der Waals surface area contributed by atoms with Gasteiger partial charge in [-0.1, -0.05) is 24.3 Å². The highest BCUT2D eigenvalue weighted by molar-refractivity contribution is 5.90. The molecule has 23 heavy (non-hydrogen) atoms. The van der Waals surface area contributed by atoms with E-state index in [0.29, 0.717) is 25.9 Å². The molecule has 0 aromatic heterocycles. The summed E-state index contributed by atoms with van der Waals surface area (Å²) < 4.78 is 5.40. The van der Waals surface area contributed by atoms with Crippen molar-refractivity contribution in [2.45, 2.75) is 26.2 Å². The van der Waals surface area contributed by atoms with Gasteiger partial charge >= 0.3 is 0 Å². The highest BCUT2D eigenvalue weighted by Gasteiger charge is 2.04. The van der Waals surface area contributed by atoms with Crippen molar-refractivity contribution in [2.24, 2.45) is 0 Å². The third kappa shape index (κ3) is 5.75. The van der Waals surface area contributed by atoms with Gasteiger partial charge in [0.05, 0.1) is 6.61 Å². The number of ether oxygens (including phenoxy) is 1. The number of amides is 1. The predicted octanol–water partition coefficient (Wildman–Crippen LogP) is 3.19. The van der Waals surface area contributed by atoms with Crippen LogP contribution in [-0.2, 0) is 17.6 Å². The quantitative estimate of drug-likeness (QED) is 0.787. The van der Waals surface area contributed by atoms with Gasteiger partial charge in [-0.3, -0.25) is 4.79 Å². The van der Waals surface area contributed by atoms with Crippen molar-refractivity contribution in [1.82, 2.24) is 0 Å². The van der Waals surface area contributed by atoms with Crippen molar-refractivity contribution < 1.29 is 14.6 Å². The van der Waals surface area contributed by atoms with Crippen molar-refractivity contribution >= 4 is 11.6 Å². The summed E-state index contributed by atoms with van der Waals surface area (Å²) in [4.78, 5) is 12.0. The molecule has 4 heteroatoms. The Morgan fingerprint density at radius 3 is 2.22 bits per heavy atom. The lowest BCUT2D eigenvalue weighted by Crippen LogP contribution is -2.12. The molecule has 0 aliphatic rings. The first-order valence-corrected chi connectivity index (χ1v) is 7.92. The smallest absolute Gasteiger partial charge is 0.224 e. The largest absolute Gasteiger partial charge is 0.494 e. The van der Waals surface area contributed by atoms with Crippen LogP contribution in [0, 0.1) is 0 Å². The minimum atomic E-state index is -0.00575. The highest BCUT2D eigenvalue weighted by Crippen LogP contribution is 2.14. The van der Waals surface area contributed by atoms with E-state index in [2.05, 4.69) is 5.32 Å². The van der Waals surface area contributed by atoms with E-state index in [1.54, 1.807) is 0 Å². The lowest BCUT2D eigenvalue weighted by molar-refractivity contribution is -0.116. The molecule has 0 aliphatic heterocycles. The molecular weight excluding hydrogens is 290 g/mol. The Morgan fingerprint density at radius 2 is 1.61 bits per heavy atom. The third-order valence-corrected chi connectivity index (χ3v) is 3.51. The molecule has 0 saturated heterocycles. The number of benzene rings is 2. The molecule has 2 aromatic carbocycles. The van der Waals surface area contributed by atoms with Crippen molar-refractivity contribution in [1.29, 1.82) is 0 Å². The van der Waals surface area contributed by atoms with Crippen LogP contribution in [0.3, 0.4) is 0 Å². The summed E-state index contributed by atoms with van der Waals surface area (Å²) in [5, 5.41) is 11.8. The summed E-state index contributed by atoms with van der Waals surface area (Å²) in [6.07, 6.45) is 1.76. The normalized spacial score (nSPS) is 10.3. The highest BCUT2D eigenvalue weighted by atomic mass is 16.5. The topological polar surface area (TPSA) is 58.6 Å². The van der Waals surface area contributed by atoms with Crippen molar-refractivity contribution in [3.05, 3.63) is 59.7 Å². The van der Waals surface area contributed by atoms with E-state index in [9.17, 15) is 4.79 Å². The second kappa shape index (κ2) is 8.96. The number of nitrogens with one attached hydrogen (secondary N) is 1. The van der Waals surface area contributed by atoms with Gasteiger partial charge < -0.3 is 15.2 Å². The molecule has 0 fully saturated rings. The standard InChI is InChI=1S/C19H23NO3/c1-2-23-18-10-5-15(6-11-18)7-12-19(22)20-17-8-3-16(4-9-17)13-14-21/h3-6,8-11,21H,2,7,12-14H2,1H3,(H,20,22). The third-order valence-electron chi connectivity index (χ3n) is 3.51. The Bertz CT molecular complexity index is 606. The first-order chi connectivity index (χ1) is 11.2. The second-order valence-corrected chi connectivity index (χ2v) is 5.30. The van der Waals surface area contributed by atoms with E-state index in [4.69, 9.17) is 9.84 Å². The SMILES string of the molecule is CCOc1ccc(CCC(=O)Nc2ccc(CCO)cc2)cc1. The Balaban J connectivity index is 1.80. The zero-order valence-electron chi connectivity index (χ0n) is 13.4. The zero-order valence-corrected chi connectivity index (χ0v) is 13.4. The molecule has 0 radical (unpaired) electrons. The van der Waals surface area contributed by atoms with Crippen LogP contribution in [0.2, 0.25) is 0 Å². The maximum absolute atomic E-state index is 12.0. The van der Waals surface area contributed by atoms with E-state index in [-0.39, 0.29) is 12.5 Å². The molecule has 2 rings (SSSR count). The van der Waals surface area contributed by atoms with E-state index >= 15 is 0 Å². The molecule has 0 atom stereocenters. The fraction of sp³-hybridized carbons (Fsp3) is 0.316. The monoisotopic (exact) mass is 313 g/mol. The molecule has 0 saturated carbocycles. The molecule has 2 N–H and O–H groups in total. The number of rotatable bonds is 8. The van der Waals surface area contributed by atoms with Gasteiger partial charge in [0.15, 0.2) is 0 Å². The molecule has 2 aromatic rings. The summed E-state index contributed by atoms with van der Waals surface area (Å²) in [5.74, 6) is 0.845.